The van der Waals surface area contributed by atoms with Gasteiger partial charge in [0.25, 0.3) is 0 Å². The van der Waals surface area contributed by atoms with Crippen molar-refractivity contribution >= 4 is 55.9 Å². The third-order valence-electron chi connectivity index (χ3n) is 11.0. The first-order valence-electron chi connectivity index (χ1n) is 20.0. The van der Waals surface area contributed by atoms with Crippen LogP contribution in [0.15, 0.2) is 200 Å². The van der Waals surface area contributed by atoms with Crippen molar-refractivity contribution in [3.8, 4) is 50.7 Å². The lowest BCUT2D eigenvalue weighted by Gasteiger charge is -2.25. The molecule has 2 heterocycles. The van der Waals surface area contributed by atoms with E-state index in [-0.39, 0.29) is 0 Å². The highest BCUT2D eigenvalue weighted by molar-refractivity contribution is 6.11. The molecule has 0 bridgehead atoms. The molecule has 7 nitrogen and oxygen atoms in total. The number of fused-ring (bicyclic) bond motifs is 3. The molecule has 0 aliphatic rings. The van der Waals surface area contributed by atoms with E-state index in [0.717, 1.165) is 72.4 Å². The largest absolute Gasteiger partial charge is 0.319 e. The highest BCUT2D eigenvalue weighted by atomic mass is 15.1. The van der Waals surface area contributed by atoms with Gasteiger partial charge in [0.1, 0.15) is 0 Å². The molecule has 0 spiro atoms. The van der Waals surface area contributed by atoms with Gasteiger partial charge in [0.15, 0.2) is 17.2 Å². The first-order chi connectivity index (χ1) is 30.6. The van der Waals surface area contributed by atoms with Crippen molar-refractivity contribution in [3.05, 3.63) is 234 Å². The molecule has 62 heavy (non-hydrogen) atoms. The molecule has 0 aliphatic carbocycles. The molecule has 0 unspecified atom stereocenters. The lowest BCUT2D eigenvalue weighted by molar-refractivity contribution is 1.18. The maximum Gasteiger partial charge on any atom is 0.211 e. The van der Waals surface area contributed by atoms with Crippen LogP contribution >= 0.6 is 0 Å². The Hall–Kier alpha value is -9.09. The third-order valence-corrected chi connectivity index (χ3v) is 11.0. The molecule has 2 aromatic heterocycles. The fourth-order valence-electron chi connectivity index (χ4n) is 8.10. The second kappa shape index (κ2) is 15.9. The zero-order chi connectivity index (χ0) is 42.0. The zero-order valence-electron chi connectivity index (χ0n) is 33.2. The Morgan fingerprint density at radius 3 is 1.65 bits per heavy atom. The molecule has 7 heteroatoms. The minimum atomic E-state index is 0.489. The molecule has 0 amide bonds. The van der Waals surface area contributed by atoms with Gasteiger partial charge in [-0.3, -0.25) is 0 Å². The summed E-state index contributed by atoms with van der Waals surface area (Å²) in [5.74, 6) is 0.489. The second-order valence-corrected chi connectivity index (χ2v) is 14.7. The number of hydrogen-bond acceptors (Lipinski definition) is 3. The number of para-hydroxylation sites is 3. The van der Waals surface area contributed by atoms with Gasteiger partial charge < -0.3 is 9.47 Å². The average molecular weight is 792 g/mol. The molecule has 0 saturated heterocycles. The molecule has 0 fully saturated rings. The summed E-state index contributed by atoms with van der Waals surface area (Å²) in [6.07, 6.45) is 0. The predicted molar refractivity (Wildman–Crippen MR) is 252 cm³/mol. The summed E-state index contributed by atoms with van der Waals surface area (Å²) >= 11 is 0. The number of benzene rings is 8. The zero-order valence-corrected chi connectivity index (χ0v) is 33.2. The smallest absolute Gasteiger partial charge is 0.211 e. The van der Waals surface area contributed by atoms with Gasteiger partial charge in [-0.15, -0.1) is 0 Å². The lowest BCUT2D eigenvalue weighted by atomic mass is 10.0. The normalized spacial score (nSPS) is 10.9. The fraction of sp³-hybridized carbons (Fsp3) is 0. The number of aromatic nitrogens is 3. The fourth-order valence-corrected chi connectivity index (χ4v) is 8.10. The van der Waals surface area contributed by atoms with Crippen LogP contribution in [0.1, 0.15) is 0 Å². The van der Waals surface area contributed by atoms with Crippen LogP contribution in [0.3, 0.4) is 0 Å². The lowest BCUT2D eigenvalue weighted by Crippen LogP contribution is -2.09. The van der Waals surface area contributed by atoms with Crippen LogP contribution in [0.2, 0.25) is 0 Å². The second-order valence-electron chi connectivity index (χ2n) is 14.7. The van der Waals surface area contributed by atoms with Gasteiger partial charge in [-0.2, -0.15) is 0 Å². The van der Waals surface area contributed by atoms with E-state index in [1.807, 2.05) is 91.0 Å². The van der Waals surface area contributed by atoms with Crippen molar-refractivity contribution in [1.82, 2.24) is 14.5 Å². The van der Waals surface area contributed by atoms with Gasteiger partial charge in [-0.1, -0.05) is 121 Å². The molecule has 288 valence electrons. The van der Waals surface area contributed by atoms with E-state index >= 15 is 0 Å². The summed E-state index contributed by atoms with van der Waals surface area (Å²) in [5.41, 5.74) is 13.3. The van der Waals surface area contributed by atoms with E-state index in [2.05, 4.69) is 115 Å². The first-order valence-corrected chi connectivity index (χ1v) is 20.0. The molecule has 0 saturated carbocycles. The number of hydrogen-bond donors (Lipinski definition) is 0. The predicted octanol–water partition coefficient (Wildman–Crippen LogP) is 15.4. The van der Waals surface area contributed by atoms with Crippen molar-refractivity contribution in [2.24, 2.45) is 0 Å². The number of nitrogens with zero attached hydrogens (tertiary/aromatic N) is 7. The Balaban J connectivity index is 1.03. The van der Waals surface area contributed by atoms with Gasteiger partial charge in [0.05, 0.1) is 47.8 Å². The van der Waals surface area contributed by atoms with Crippen molar-refractivity contribution in [2.75, 3.05) is 4.90 Å². The highest BCUT2D eigenvalue weighted by Gasteiger charge is 2.19. The Morgan fingerprint density at radius 2 is 0.968 bits per heavy atom. The molecule has 0 radical (unpaired) electrons. The molecule has 10 rings (SSSR count). The summed E-state index contributed by atoms with van der Waals surface area (Å²) < 4.78 is 2.20. The standard InChI is InChI=1S/C55H33N7/c1-56-42-16-12-14-40(32-42)50-36-49(59-55(60-50)41-15-13-17-43(33-41)57-2)38-26-24-37(25-27-38)39-28-30-54(51(34-39)58-3)62-52-23-11-10-22-47(52)48-35-46(29-31-53(48)62)61(44-18-6-4-7-19-44)45-20-8-5-9-21-45/h4-36H. The van der Waals surface area contributed by atoms with E-state index in [0.29, 0.717) is 34.3 Å². The molecule has 0 atom stereocenters. The van der Waals surface area contributed by atoms with Crippen LogP contribution in [0.25, 0.3) is 87.1 Å². The maximum atomic E-state index is 8.38. The Labute approximate surface area is 359 Å². The van der Waals surface area contributed by atoms with Crippen LogP contribution in [0.4, 0.5) is 34.1 Å². The third kappa shape index (κ3) is 6.87. The van der Waals surface area contributed by atoms with Crippen LogP contribution in [-0.4, -0.2) is 14.5 Å². The van der Waals surface area contributed by atoms with Crippen LogP contribution in [-0.2, 0) is 0 Å². The molecule has 8 aromatic carbocycles. The molecule has 0 N–H and O–H groups in total. The molecule has 0 aliphatic heterocycles. The van der Waals surface area contributed by atoms with Gasteiger partial charge in [-0.05, 0) is 95.6 Å². The summed E-state index contributed by atoms with van der Waals surface area (Å²) in [5, 5.41) is 2.20. The molecular weight excluding hydrogens is 759 g/mol. The summed E-state index contributed by atoms with van der Waals surface area (Å²) in [6.45, 7) is 23.5. The van der Waals surface area contributed by atoms with Crippen LogP contribution in [0, 0.1) is 19.7 Å². The number of anilines is 3. The maximum absolute atomic E-state index is 8.38. The molecular formula is C55H33N7. The van der Waals surface area contributed by atoms with Gasteiger partial charge in [0, 0.05) is 39.0 Å². The monoisotopic (exact) mass is 791 g/mol. The molecule has 10 aromatic rings. The Bertz CT molecular complexity index is 3330. The first kappa shape index (κ1) is 37.2. The minimum absolute atomic E-state index is 0.489. The minimum Gasteiger partial charge on any atom is -0.319 e. The van der Waals surface area contributed by atoms with Crippen molar-refractivity contribution in [3.63, 3.8) is 0 Å². The average Bonchev–Trinajstić information content (AvgIpc) is 3.68. The van der Waals surface area contributed by atoms with E-state index < -0.39 is 0 Å². The Kier molecular flexibility index (Phi) is 9.56. The van der Waals surface area contributed by atoms with E-state index in [4.69, 9.17) is 29.7 Å². The van der Waals surface area contributed by atoms with Crippen molar-refractivity contribution in [2.45, 2.75) is 0 Å². The van der Waals surface area contributed by atoms with E-state index in [1.54, 1.807) is 18.2 Å². The van der Waals surface area contributed by atoms with E-state index in [9.17, 15) is 0 Å². The van der Waals surface area contributed by atoms with Gasteiger partial charge in [-0.25, -0.2) is 24.5 Å². The van der Waals surface area contributed by atoms with Gasteiger partial charge in [0.2, 0.25) is 5.69 Å². The van der Waals surface area contributed by atoms with Crippen molar-refractivity contribution in [1.29, 1.82) is 0 Å². The summed E-state index contributed by atoms with van der Waals surface area (Å²) in [6, 6.07) is 66.6. The summed E-state index contributed by atoms with van der Waals surface area (Å²) in [4.78, 5) is 23.4. The Morgan fingerprint density at radius 1 is 0.387 bits per heavy atom. The SMILES string of the molecule is [C-]#[N+]c1cccc(-c2cc(-c3ccc(-c4ccc(-n5c6ccccc6c6cc(N(c7ccccc7)c7ccccc7)ccc65)c([N+]#[C-])c4)cc3)nc(-c3cccc([N+]#[C-])c3)n2)c1. The highest BCUT2D eigenvalue weighted by Crippen LogP contribution is 2.42. The van der Waals surface area contributed by atoms with E-state index in [1.165, 1.54) is 0 Å². The van der Waals surface area contributed by atoms with Crippen molar-refractivity contribution < 1.29 is 0 Å². The van der Waals surface area contributed by atoms with Gasteiger partial charge >= 0.3 is 0 Å². The van der Waals surface area contributed by atoms with Crippen LogP contribution in [0.5, 0.6) is 0 Å². The van der Waals surface area contributed by atoms with Crippen LogP contribution < -0.4 is 4.90 Å². The number of rotatable bonds is 8. The summed E-state index contributed by atoms with van der Waals surface area (Å²) in [7, 11) is 0. The topological polar surface area (TPSA) is 47.0 Å². The quantitative estimate of drug-likeness (QED) is 0.144.